The third-order valence-corrected chi connectivity index (χ3v) is 4.21. The van der Waals surface area contributed by atoms with Gasteiger partial charge in [-0.1, -0.05) is 36.4 Å². The van der Waals surface area contributed by atoms with Crippen molar-refractivity contribution in [2.45, 2.75) is 25.8 Å². The van der Waals surface area contributed by atoms with E-state index in [1.54, 1.807) is 18.7 Å². The first-order valence-electron chi connectivity index (χ1n) is 8.40. The quantitative estimate of drug-likeness (QED) is 0.723. The number of hydrogen-bond donors (Lipinski definition) is 1. The van der Waals surface area contributed by atoms with Crippen molar-refractivity contribution in [2.24, 2.45) is 0 Å². The maximum Gasteiger partial charge on any atom is 0.240 e. The molecule has 0 aliphatic rings. The Labute approximate surface area is 147 Å². The lowest BCUT2D eigenvalue weighted by Crippen LogP contribution is -2.32. The maximum atomic E-state index is 12.3. The largest absolute Gasteiger partial charge is 0.354 e. The van der Waals surface area contributed by atoms with Gasteiger partial charge in [-0.05, 0) is 31.0 Å². The molecule has 5 nitrogen and oxygen atoms in total. The topological polar surface area (TPSA) is 59.8 Å². The minimum atomic E-state index is -0.0184. The zero-order chi connectivity index (χ0) is 17.5. The highest BCUT2D eigenvalue weighted by atomic mass is 16.1. The zero-order valence-corrected chi connectivity index (χ0v) is 14.3. The van der Waals surface area contributed by atoms with Crippen LogP contribution >= 0.6 is 0 Å². The summed E-state index contributed by atoms with van der Waals surface area (Å²) in [5.41, 5.74) is 3.20. The van der Waals surface area contributed by atoms with Crippen LogP contribution in [-0.4, -0.2) is 27.0 Å². The van der Waals surface area contributed by atoms with E-state index in [1.165, 1.54) is 5.56 Å². The molecule has 2 aromatic heterocycles. The summed E-state index contributed by atoms with van der Waals surface area (Å²) in [6.07, 6.45) is 6.06. The number of hydrogen-bond acceptors (Lipinski definition) is 3. The number of benzene rings is 1. The number of nitrogens with one attached hydrogen (secondary N) is 1. The molecule has 1 N–H and O–H groups in total. The summed E-state index contributed by atoms with van der Waals surface area (Å²) in [4.78, 5) is 20.8. The molecule has 0 aliphatic carbocycles. The number of pyridine rings is 1. The van der Waals surface area contributed by atoms with E-state index in [-0.39, 0.29) is 18.4 Å². The fraction of sp³-hybridized carbons (Fsp3) is 0.250. The molecule has 1 aromatic carbocycles. The van der Waals surface area contributed by atoms with Crippen LogP contribution in [0.2, 0.25) is 0 Å². The van der Waals surface area contributed by atoms with Crippen LogP contribution in [-0.2, 0) is 17.8 Å². The summed E-state index contributed by atoms with van der Waals surface area (Å²) in [5.74, 6) is 0.117. The van der Waals surface area contributed by atoms with Crippen molar-refractivity contribution < 1.29 is 4.79 Å². The second-order valence-electron chi connectivity index (χ2n) is 6.11. The van der Waals surface area contributed by atoms with Gasteiger partial charge in [-0.2, -0.15) is 0 Å². The van der Waals surface area contributed by atoms with Crippen molar-refractivity contribution in [1.82, 2.24) is 19.9 Å². The van der Waals surface area contributed by atoms with Crippen molar-refractivity contribution in [2.75, 3.05) is 6.54 Å². The molecule has 128 valence electrons. The van der Waals surface area contributed by atoms with Gasteiger partial charge in [-0.3, -0.25) is 9.78 Å². The third kappa shape index (κ3) is 4.76. The second kappa shape index (κ2) is 8.24. The van der Waals surface area contributed by atoms with Gasteiger partial charge in [-0.15, -0.1) is 0 Å². The van der Waals surface area contributed by atoms with Gasteiger partial charge in [0.25, 0.3) is 0 Å². The standard InChI is InChI=1S/C20H22N4O/c1-16-12-21-15-24(16)14-20(25)23-13-18(19-9-5-6-10-22-19)11-17-7-3-2-4-8-17/h2-10,12,15,18H,11,13-14H2,1H3,(H,23,25). The Morgan fingerprint density at radius 2 is 1.96 bits per heavy atom. The number of carbonyl (C=O) groups is 1. The third-order valence-electron chi connectivity index (χ3n) is 4.21. The summed E-state index contributed by atoms with van der Waals surface area (Å²) in [6.45, 7) is 2.77. The highest BCUT2D eigenvalue weighted by Crippen LogP contribution is 2.18. The van der Waals surface area contributed by atoms with Gasteiger partial charge >= 0.3 is 0 Å². The second-order valence-corrected chi connectivity index (χ2v) is 6.11. The van der Waals surface area contributed by atoms with E-state index in [2.05, 4.69) is 27.4 Å². The van der Waals surface area contributed by atoms with Crippen molar-refractivity contribution in [3.05, 3.63) is 84.2 Å². The number of aromatic nitrogens is 3. The van der Waals surface area contributed by atoms with Gasteiger partial charge in [0, 0.05) is 36.2 Å². The lowest BCUT2D eigenvalue weighted by Gasteiger charge is -2.18. The SMILES string of the molecule is Cc1cncn1CC(=O)NCC(Cc1ccccc1)c1ccccn1. The Bertz CT molecular complexity index is 799. The Kier molecular flexibility index (Phi) is 5.57. The highest BCUT2D eigenvalue weighted by molar-refractivity contribution is 5.75. The van der Waals surface area contributed by atoms with Crippen molar-refractivity contribution >= 4 is 5.91 Å². The lowest BCUT2D eigenvalue weighted by atomic mass is 9.95. The predicted octanol–water partition coefficient (Wildman–Crippen LogP) is 2.73. The van der Waals surface area contributed by atoms with E-state index in [9.17, 15) is 4.79 Å². The molecular formula is C20H22N4O. The number of amides is 1. The van der Waals surface area contributed by atoms with Crippen LogP contribution in [0.25, 0.3) is 0 Å². The number of rotatable bonds is 7. The molecule has 3 aromatic rings. The van der Waals surface area contributed by atoms with Crippen LogP contribution in [0, 0.1) is 6.92 Å². The molecule has 3 rings (SSSR count). The molecule has 25 heavy (non-hydrogen) atoms. The van der Waals surface area contributed by atoms with Gasteiger partial charge < -0.3 is 9.88 Å². The summed E-state index contributed by atoms with van der Waals surface area (Å²) in [5, 5.41) is 3.04. The number of imidazole rings is 1. The molecule has 1 unspecified atom stereocenters. The molecule has 5 heteroatoms. The summed E-state index contributed by atoms with van der Waals surface area (Å²) >= 11 is 0. The summed E-state index contributed by atoms with van der Waals surface area (Å²) in [7, 11) is 0. The van der Waals surface area contributed by atoms with E-state index in [0.717, 1.165) is 17.8 Å². The summed E-state index contributed by atoms with van der Waals surface area (Å²) in [6, 6.07) is 16.2. The van der Waals surface area contributed by atoms with E-state index in [4.69, 9.17) is 0 Å². The number of aryl methyl sites for hydroxylation is 1. The van der Waals surface area contributed by atoms with Crippen LogP contribution in [0.1, 0.15) is 22.9 Å². The van der Waals surface area contributed by atoms with Gasteiger partial charge in [0.15, 0.2) is 0 Å². The zero-order valence-electron chi connectivity index (χ0n) is 14.3. The van der Waals surface area contributed by atoms with Gasteiger partial charge in [0.1, 0.15) is 6.54 Å². The first-order chi connectivity index (χ1) is 12.2. The van der Waals surface area contributed by atoms with Crippen LogP contribution in [0.15, 0.2) is 67.3 Å². The van der Waals surface area contributed by atoms with Crippen LogP contribution in [0.3, 0.4) is 0 Å². The Balaban J connectivity index is 1.65. The molecule has 0 saturated heterocycles. The number of nitrogens with zero attached hydrogens (tertiary/aromatic N) is 3. The molecular weight excluding hydrogens is 312 g/mol. The molecule has 0 saturated carbocycles. The average Bonchev–Trinajstić information content (AvgIpc) is 3.05. The average molecular weight is 334 g/mol. The molecule has 0 spiro atoms. The van der Waals surface area contributed by atoms with Crippen LogP contribution < -0.4 is 5.32 Å². The Morgan fingerprint density at radius 3 is 2.64 bits per heavy atom. The highest BCUT2D eigenvalue weighted by Gasteiger charge is 2.15. The normalized spacial score (nSPS) is 11.9. The van der Waals surface area contributed by atoms with E-state index in [1.807, 2.05) is 47.9 Å². The monoisotopic (exact) mass is 334 g/mol. The first kappa shape index (κ1) is 16.9. The van der Waals surface area contributed by atoms with Crippen molar-refractivity contribution in [1.29, 1.82) is 0 Å². The van der Waals surface area contributed by atoms with E-state index < -0.39 is 0 Å². The predicted molar refractivity (Wildman–Crippen MR) is 97.1 cm³/mol. The molecule has 1 amide bonds. The van der Waals surface area contributed by atoms with Gasteiger partial charge in [0.05, 0.1) is 6.33 Å². The Morgan fingerprint density at radius 1 is 1.16 bits per heavy atom. The smallest absolute Gasteiger partial charge is 0.240 e. The van der Waals surface area contributed by atoms with Gasteiger partial charge in [0.2, 0.25) is 5.91 Å². The fourth-order valence-electron chi connectivity index (χ4n) is 2.80. The molecule has 2 heterocycles. The first-order valence-corrected chi connectivity index (χ1v) is 8.40. The molecule has 0 aliphatic heterocycles. The molecule has 0 bridgehead atoms. The van der Waals surface area contributed by atoms with E-state index >= 15 is 0 Å². The summed E-state index contributed by atoms with van der Waals surface area (Å²) < 4.78 is 1.84. The number of carbonyl (C=O) groups excluding carboxylic acids is 1. The van der Waals surface area contributed by atoms with Crippen LogP contribution in [0.4, 0.5) is 0 Å². The molecule has 1 atom stereocenters. The molecule has 0 radical (unpaired) electrons. The maximum absolute atomic E-state index is 12.3. The van der Waals surface area contributed by atoms with Crippen LogP contribution in [0.5, 0.6) is 0 Å². The lowest BCUT2D eigenvalue weighted by molar-refractivity contribution is -0.121. The Hall–Kier alpha value is -2.95. The van der Waals surface area contributed by atoms with Crippen molar-refractivity contribution in [3.8, 4) is 0 Å². The minimum Gasteiger partial charge on any atom is -0.354 e. The van der Waals surface area contributed by atoms with Crippen molar-refractivity contribution in [3.63, 3.8) is 0 Å². The van der Waals surface area contributed by atoms with Gasteiger partial charge in [-0.25, -0.2) is 4.98 Å². The molecule has 0 fully saturated rings. The fourth-order valence-corrected chi connectivity index (χ4v) is 2.80. The van der Waals surface area contributed by atoms with E-state index in [0.29, 0.717) is 6.54 Å². The minimum absolute atomic E-state index is 0.0184.